The molecule has 0 spiro atoms. The third-order valence-corrected chi connectivity index (χ3v) is 3.63. The fraction of sp³-hybridized carbons (Fsp3) is 0.333. The predicted octanol–water partition coefficient (Wildman–Crippen LogP) is 2.96. The number of para-hydroxylation sites is 1. The molecule has 4 heteroatoms. The first-order valence-corrected chi connectivity index (χ1v) is 6.75. The van der Waals surface area contributed by atoms with Crippen LogP contribution >= 0.6 is 0 Å². The van der Waals surface area contributed by atoms with E-state index in [2.05, 4.69) is 58.3 Å². The van der Waals surface area contributed by atoms with E-state index >= 15 is 0 Å². The normalized spacial score (nSPS) is 12.9. The van der Waals surface area contributed by atoms with Crippen LogP contribution in [0.15, 0.2) is 48.9 Å². The number of rotatable bonds is 5. The van der Waals surface area contributed by atoms with Gasteiger partial charge in [0.05, 0.1) is 6.20 Å². The highest BCUT2D eigenvalue weighted by molar-refractivity contribution is 5.79. The van der Waals surface area contributed by atoms with Crippen LogP contribution in [-0.4, -0.2) is 19.6 Å². The SMILES string of the molecule is CCC(Cn1ccnn1)Cn1ccc2ccccc21. The molecule has 0 aliphatic rings. The zero-order valence-corrected chi connectivity index (χ0v) is 11.1. The average molecular weight is 254 g/mol. The van der Waals surface area contributed by atoms with Gasteiger partial charge in [-0.1, -0.05) is 30.3 Å². The molecule has 0 saturated carbocycles. The maximum absolute atomic E-state index is 4.05. The fourth-order valence-corrected chi connectivity index (χ4v) is 2.49. The highest BCUT2D eigenvalue weighted by Gasteiger charge is 2.10. The first-order valence-electron chi connectivity index (χ1n) is 6.75. The van der Waals surface area contributed by atoms with E-state index in [-0.39, 0.29) is 0 Å². The number of hydrogen-bond donors (Lipinski definition) is 0. The Kier molecular flexibility index (Phi) is 3.31. The van der Waals surface area contributed by atoms with E-state index in [1.54, 1.807) is 6.20 Å². The number of aromatic nitrogens is 4. The van der Waals surface area contributed by atoms with Crippen LogP contribution in [0.3, 0.4) is 0 Å². The quantitative estimate of drug-likeness (QED) is 0.701. The molecule has 0 radical (unpaired) electrons. The number of benzene rings is 1. The molecule has 0 aliphatic carbocycles. The molecule has 1 aromatic carbocycles. The van der Waals surface area contributed by atoms with E-state index in [0.29, 0.717) is 5.92 Å². The minimum absolute atomic E-state index is 0.567. The molecule has 4 nitrogen and oxygen atoms in total. The second kappa shape index (κ2) is 5.26. The molecule has 1 atom stereocenters. The van der Waals surface area contributed by atoms with E-state index in [9.17, 15) is 0 Å². The summed E-state index contributed by atoms with van der Waals surface area (Å²) in [6.07, 6.45) is 6.97. The van der Waals surface area contributed by atoms with Crippen molar-refractivity contribution in [1.29, 1.82) is 0 Å². The molecule has 19 heavy (non-hydrogen) atoms. The lowest BCUT2D eigenvalue weighted by Gasteiger charge is -2.16. The van der Waals surface area contributed by atoms with E-state index < -0.39 is 0 Å². The molecule has 3 aromatic rings. The van der Waals surface area contributed by atoms with Crippen LogP contribution in [-0.2, 0) is 13.1 Å². The van der Waals surface area contributed by atoms with Gasteiger partial charge in [-0.05, 0) is 29.9 Å². The van der Waals surface area contributed by atoms with Gasteiger partial charge >= 0.3 is 0 Å². The monoisotopic (exact) mass is 254 g/mol. The first-order chi connectivity index (χ1) is 9.36. The first kappa shape index (κ1) is 12.0. The molecule has 0 bridgehead atoms. The zero-order chi connectivity index (χ0) is 13.1. The van der Waals surface area contributed by atoms with E-state index in [0.717, 1.165) is 19.5 Å². The summed E-state index contributed by atoms with van der Waals surface area (Å²) in [5.74, 6) is 0.567. The molecule has 0 fully saturated rings. The fourth-order valence-electron chi connectivity index (χ4n) is 2.49. The number of fused-ring (bicyclic) bond motifs is 1. The van der Waals surface area contributed by atoms with Crippen molar-refractivity contribution in [1.82, 2.24) is 19.6 Å². The predicted molar refractivity (Wildman–Crippen MR) is 75.7 cm³/mol. The summed E-state index contributed by atoms with van der Waals surface area (Å²) in [4.78, 5) is 0. The van der Waals surface area contributed by atoms with Gasteiger partial charge in [0.1, 0.15) is 0 Å². The van der Waals surface area contributed by atoms with Gasteiger partial charge in [0.2, 0.25) is 0 Å². The minimum atomic E-state index is 0.567. The maximum atomic E-state index is 4.05. The van der Waals surface area contributed by atoms with Crippen molar-refractivity contribution < 1.29 is 0 Å². The van der Waals surface area contributed by atoms with E-state index in [4.69, 9.17) is 0 Å². The van der Waals surface area contributed by atoms with Crippen molar-refractivity contribution in [3.8, 4) is 0 Å². The molecular weight excluding hydrogens is 236 g/mol. The van der Waals surface area contributed by atoms with Gasteiger partial charge in [-0.2, -0.15) is 0 Å². The van der Waals surface area contributed by atoms with Crippen LogP contribution in [0.4, 0.5) is 0 Å². The van der Waals surface area contributed by atoms with E-state index in [1.807, 2.05) is 10.9 Å². The molecule has 1 unspecified atom stereocenters. The molecule has 3 rings (SSSR count). The Bertz CT molecular complexity index is 639. The molecule has 2 aromatic heterocycles. The van der Waals surface area contributed by atoms with Gasteiger partial charge < -0.3 is 4.57 Å². The highest BCUT2D eigenvalue weighted by atomic mass is 15.4. The number of nitrogens with zero attached hydrogens (tertiary/aromatic N) is 4. The van der Waals surface area contributed by atoms with Gasteiger partial charge in [-0.25, -0.2) is 0 Å². The Morgan fingerprint density at radius 1 is 1.11 bits per heavy atom. The summed E-state index contributed by atoms with van der Waals surface area (Å²) in [6, 6.07) is 10.7. The molecule has 0 aliphatic heterocycles. The topological polar surface area (TPSA) is 35.6 Å². The van der Waals surface area contributed by atoms with Crippen molar-refractivity contribution >= 4 is 10.9 Å². The standard InChI is InChI=1S/C15H18N4/c1-2-13(12-19-10-8-16-17-19)11-18-9-7-14-5-3-4-6-15(14)18/h3-10,13H,2,11-12H2,1H3. The van der Waals surface area contributed by atoms with Crippen molar-refractivity contribution in [2.24, 2.45) is 5.92 Å². The van der Waals surface area contributed by atoms with Gasteiger partial charge in [-0.15, -0.1) is 5.10 Å². The molecule has 2 heterocycles. The lowest BCUT2D eigenvalue weighted by atomic mass is 10.1. The smallest absolute Gasteiger partial charge is 0.0692 e. The highest BCUT2D eigenvalue weighted by Crippen LogP contribution is 2.18. The second-order valence-electron chi connectivity index (χ2n) is 4.93. The summed E-state index contributed by atoms with van der Waals surface area (Å²) in [5.41, 5.74) is 1.31. The summed E-state index contributed by atoms with van der Waals surface area (Å²) in [6.45, 7) is 4.17. The summed E-state index contributed by atoms with van der Waals surface area (Å²) < 4.78 is 4.25. The summed E-state index contributed by atoms with van der Waals surface area (Å²) in [5, 5.41) is 9.22. The van der Waals surface area contributed by atoms with E-state index in [1.165, 1.54) is 10.9 Å². The van der Waals surface area contributed by atoms with Crippen LogP contribution in [0.1, 0.15) is 13.3 Å². The Balaban J connectivity index is 1.78. The molecule has 98 valence electrons. The van der Waals surface area contributed by atoms with Gasteiger partial charge in [0.25, 0.3) is 0 Å². The third kappa shape index (κ3) is 2.52. The minimum Gasteiger partial charge on any atom is -0.347 e. The Hall–Kier alpha value is -2.10. The average Bonchev–Trinajstić information content (AvgIpc) is 3.08. The molecule has 0 saturated heterocycles. The van der Waals surface area contributed by atoms with Gasteiger partial charge in [-0.3, -0.25) is 4.68 Å². The van der Waals surface area contributed by atoms with Crippen molar-refractivity contribution in [3.05, 3.63) is 48.9 Å². The van der Waals surface area contributed by atoms with Crippen molar-refractivity contribution in [3.63, 3.8) is 0 Å². The third-order valence-electron chi connectivity index (χ3n) is 3.63. The van der Waals surface area contributed by atoms with Crippen LogP contribution in [0.2, 0.25) is 0 Å². The van der Waals surface area contributed by atoms with Crippen LogP contribution < -0.4 is 0 Å². The maximum Gasteiger partial charge on any atom is 0.0692 e. The largest absolute Gasteiger partial charge is 0.347 e. The van der Waals surface area contributed by atoms with Crippen molar-refractivity contribution in [2.75, 3.05) is 0 Å². The second-order valence-corrected chi connectivity index (χ2v) is 4.93. The van der Waals surface area contributed by atoms with Gasteiger partial charge in [0.15, 0.2) is 0 Å². The Morgan fingerprint density at radius 2 is 2.00 bits per heavy atom. The molecular formula is C15H18N4. The lowest BCUT2D eigenvalue weighted by Crippen LogP contribution is -2.16. The molecule has 0 N–H and O–H groups in total. The summed E-state index contributed by atoms with van der Waals surface area (Å²) in [7, 11) is 0. The van der Waals surface area contributed by atoms with Crippen LogP contribution in [0, 0.1) is 5.92 Å². The zero-order valence-electron chi connectivity index (χ0n) is 11.1. The summed E-state index contributed by atoms with van der Waals surface area (Å²) >= 11 is 0. The van der Waals surface area contributed by atoms with Gasteiger partial charge in [0, 0.05) is 31.0 Å². The Morgan fingerprint density at radius 3 is 2.79 bits per heavy atom. The van der Waals surface area contributed by atoms with Crippen molar-refractivity contribution in [2.45, 2.75) is 26.4 Å². The van der Waals surface area contributed by atoms with Crippen LogP contribution in [0.5, 0.6) is 0 Å². The lowest BCUT2D eigenvalue weighted by molar-refractivity contribution is 0.358. The number of hydrogen-bond acceptors (Lipinski definition) is 2. The van der Waals surface area contributed by atoms with Crippen LogP contribution in [0.25, 0.3) is 10.9 Å². The Labute approximate surface area is 112 Å². The molecule has 0 amide bonds.